The highest BCUT2D eigenvalue weighted by molar-refractivity contribution is 5.82. The number of hydrogen-bond acceptors (Lipinski definition) is 4. The van der Waals surface area contributed by atoms with Gasteiger partial charge in [-0.25, -0.2) is 0 Å². The number of ether oxygens (including phenoxy) is 1. The Bertz CT molecular complexity index is 442. The van der Waals surface area contributed by atoms with Crippen LogP contribution in [0.2, 0.25) is 0 Å². The fourth-order valence-electron chi connectivity index (χ4n) is 2.35. The minimum absolute atomic E-state index is 0.114. The minimum Gasteiger partial charge on any atom is -0.385 e. The van der Waals surface area contributed by atoms with E-state index in [1.54, 1.807) is 0 Å². The van der Waals surface area contributed by atoms with Crippen molar-refractivity contribution in [3.63, 3.8) is 0 Å². The molecule has 1 aromatic heterocycles. The summed E-state index contributed by atoms with van der Waals surface area (Å²) in [5.41, 5.74) is 7.88. The number of amidine groups is 1. The zero-order valence-electron chi connectivity index (χ0n) is 11.7. The molecule has 1 aromatic rings. The van der Waals surface area contributed by atoms with E-state index in [1.807, 2.05) is 0 Å². The van der Waals surface area contributed by atoms with Crippen molar-refractivity contribution in [2.75, 3.05) is 19.7 Å². The fraction of sp³-hybridized carbons (Fsp3) is 0.692. The second kappa shape index (κ2) is 6.16. The Labute approximate surface area is 114 Å². The first kappa shape index (κ1) is 14.0. The standard InChI is InChI=1S/C13H23N5O/c1-3-10-7-11(18(4-2)16-10)8-17-5-6-19-12(9-17)13(14)15/h7,12H,3-6,8-9H2,1-2H3,(H3,14,15). The van der Waals surface area contributed by atoms with Gasteiger partial charge in [-0.05, 0) is 19.4 Å². The van der Waals surface area contributed by atoms with Gasteiger partial charge in [-0.2, -0.15) is 5.10 Å². The van der Waals surface area contributed by atoms with Crippen LogP contribution in [0, 0.1) is 5.41 Å². The number of nitrogens with two attached hydrogens (primary N) is 1. The van der Waals surface area contributed by atoms with Crippen LogP contribution >= 0.6 is 0 Å². The smallest absolute Gasteiger partial charge is 0.127 e. The molecule has 1 atom stereocenters. The topological polar surface area (TPSA) is 80.2 Å². The van der Waals surface area contributed by atoms with Crippen LogP contribution in [0.15, 0.2) is 6.07 Å². The number of hydrogen-bond donors (Lipinski definition) is 2. The molecule has 0 saturated carbocycles. The maximum Gasteiger partial charge on any atom is 0.127 e. The first-order valence-electron chi connectivity index (χ1n) is 6.87. The van der Waals surface area contributed by atoms with E-state index >= 15 is 0 Å². The lowest BCUT2D eigenvalue weighted by Crippen LogP contribution is -2.47. The molecule has 6 heteroatoms. The van der Waals surface area contributed by atoms with Gasteiger partial charge in [0.05, 0.1) is 18.0 Å². The number of nitrogens with one attached hydrogen (secondary N) is 1. The van der Waals surface area contributed by atoms with Crippen molar-refractivity contribution in [2.24, 2.45) is 5.73 Å². The summed E-state index contributed by atoms with van der Waals surface area (Å²) in [4.78, 5) is 2.28. The van der Waals surface area contributed by atoms with E-state index in [4.69, 9.17) is 15.9 Å². The lowest BCUT2D eigenvalue weighted by atomic mass is 10.2. The number of aryl methyl sites for hydroxylation is 2. The van der Waals surface area contributed by atoms with E-state index in [0.29, 0.717) is 13.2 Å². The average molecular weight is 265 g/mol. The summed E-state index contributed by atoms with van der Waals surface area (Å²) in [5.74, 6) is 0.114. The highest BCUT2D eigenvalue weighted by Gasteiger charge is 2.23. The predicted molar refractivity (Wildman–Crippen MR) is 74.2 cm³/mol. The molecule has 106 valence electrons. The molecule has 0 amide bonds. The van der Waals surface area contributed by atoms with Crippen LogP contribution in [0.3, 0.4) is 0 Å². The maximum absolute atomic E-state index is 7.48. The van der Waals surface area contributed by atoms with Crippen LogP contribution in [0.5, 0.6) is 0 Å². The Morgan fingerprint density at radius 1 is 1.58 bits per heavy atom. The second-order valence-electron chi connectivity index (χ2n) is 4.85. The highest BCUT2D eigenvalue weighted by atomic mass is 16.5. The molecular formula is C13H23N5O. The molecule has 19 heavy (non-hydrogen) atoms. The van der Waals surface area contributed by atoms with Gasteiger partial charge in [0.2, 0.25) is 0 Å². The largest absolute Gasteiger partial charge is 0.385 e. The third-order valence-corrected chi connectivity index (χ3v) is 3.46. The van der Waals surface area contributed by atoms with Crippen molar-refractivity contribution in [3.8, 4) is 0 Å². The zero-order valence-corrected chi connectivity index (χ0v) is 11.7. The Hall–Kier alpha value is -1.40. The Balaban J connectivity index is 2.03. The van der Waals surface area contributed by atoms with E-state index in [1.165, 1.54) is 5.69 Å². The number of rotatable bonds is 5. The molecule has 1 aliphatic rings. The molecule has 2 heterocycles. The molecule has 1 unspecified atom stereocenters. The van der Waals surface area contributed by atoms with Gasteiger partial charge >= 0.3 is 0 Å². The van der Waals surface area contributed by atoms with Crippen molar-refractivity contribution in [1.29, 1.82) is 5.41 Å². The summed E-state index contributed by atoms with van der Waals surface area (Å²) in [6, 6.07) is 2.17. The molecule has 6 nitrogen and oxygen atoms in total. The van der Waals surface area contributed by atoms with Gasteiger partial charge in [0, 0.05) is 26.2 Å². The van der Waals surface area contributed by atoms with Crippen LogP contribution in [-0.2, 0) is 24.2 Å². The normalized spacial score (nSPS) is 20.6. The molecule has 1 fully saturated rings. The van der Waals surface area contributed by atoms with E-state index in [0.717, 1.165) is 31.7 Å². The van der Waals surface area contributed by atoms with Gasteiger partial charge < -0.3 is 10.5 Å². The van der Waals surface area contributed by atoms with Crippen LogP contribution < -0.4 is 5.73 Å². The maximum atomic E-state index is 7.48. The second-order valence-corrected chi connectivity index (χ2v) is 4.85. The third-order valence-electron chi connectivity index (χ3n) is 3.46. The minimum atomic E-state index is -0.266. The van der Waals surface area contributed by atoms with Crippen LogP contribution in [0.25, 0.3) is 0 Å². The van der Waals surface area contributed by atoms with E-state index in [2.05, 4.69) is 34.6 Å². The average Bonchev–Trinajstić information content (AvgIpc) is 2.81. The molecule has 0 radical (unpaired) electrons. The summed E-state index contributed by atoms with van der Waals surface area (Å²) in [6.45, 7) is 8.14. The third kappa shape index (κ3) is 3.33. The van der Waals surface area contributed by atoms with Crippen LogP contribution in [0.1, 0.15) is 25.2 Å². The van der Waals surface area contributed by atoms with Gasteiger partial charge in [-0.15, -0.1) is 0 Å². The first-order chi connectivity index (χ1) is 9.13. The van der Waals surface area contributed by atoms with Gasteiger partial charge in [-0.3, -0.25) is 15.0 Å². The summed E-state index contributed by atoms with van der Waals surface area (Å²) in [7, 11) is 0. The van der Waals surface area contributed by atoms with Crippen molar-refractivity contribution in [1.82, 2.24) is 14.7 Å². The molecule has 0 spiro atoms. The Kier molecular flexibility index (Phi) is 4.55. The first-order valence-corrected chi connectivity index (χ1v) is 6.87. The molecule has 0 aromatic carbocycles. The Morgan fingerprint density at radius 2 is 2.37 bits per heavy atom. The lowest BCUT2D eigenvalue weighted by molar-refractivity contribution is 0.00145. The fourth-order valence-corrected chi connectivity index (χ4v) is 2.35. The van der Waals surface area contributed by atoms with Crippen molar-refractivity contribution in [3.05, 3.63) is 17.5 Å². The number of nitrogens with zero attached hydrogens (tertiary/aromatic N) is 3. The molecular weight excluding hydrogens is 242 g/mol. The SMILES string of the molecule is CCc1cc(CN2CCOC(C(=N)N)C2)n(CC)n1. The van der Waals surface area contributed by atoms with Crippen LogP contribution in [-0.4, -0.2) is 46.3 Å². The van der Waals surface area contributed by atoms with Gasteiger partial charge in [0.1, 0.15) is 11.9 Å². The summed E-state index contributed by atoms with van der Waals surface area (Å²) in [5, 5.41) is 12.0. The number of morpholine rings is 1. The lowest BCUT2D eigenvalue weighted by Gasteiger charge is -2.32. The van der Waals surface area contributed by atoms with Gasteiger partial charge in [0.15, 0.2) is 0 Å². The summed E-state index contributed by atoms with van der Waals surface area (Å²) in [6.07, 6.45) is 0.691. The van der Waals surface area contributed by atoms with Crippen LogP contribution in [0.4, 0.5) is 0 Å². The summed E-state index contributed by atoms with van der Waals surface area (Å²) < 4.78 is 7.53. The van der Waals surface area contributed by atoms with E-state index in [9.17, 15) is 0 Å². The molecule has 3 N–H and O–H groups in total. The molecule has 0 bridgehead atoms. The van der Waals surface area contributed by atoms with Crippen molar-refractivity contribution >= 4 is 5.84 Å². The monoisotopic (exact) mass is 265 g/mol. The van der Waals surface area contributed by atoms with E-state index in [-0.39, 0.29) is 11.9 Å². The van der Waals surface area contributed by atoms with Crippen molar-refractivity contribution in [2.45, 2.75) is 39.5 Å². The zero-order chi connectivity index (χ0) is 13.8. The molecule has 1 saturated heterocycles. The highest BCUT2D eigenvalue weighted by Crippen LogP contribution is 2.12. The molecule has 2 rings (SSSR count). The predicted octanol–water partition coefficient (Wildman–Crippen LogP) is 0.602. The van der Waals surface area contributed by atoms with Gasteiger partial charge in [-0.1, -0.05) is 6.92 Å². The van der Waals surface area contributed by atoms with E-state index < -0.39 is 0 Å². The number of aromatic nitrogens is 2. The van der Waals surface area contributed by atoms with Gasteiger partial charge in [0.25, 0.3) is 0 Å². The Morgan fingerprint density at radius 3 is 3.00 bits per heavy atom. The molecule has 0 aliphatic carbocycles. The summed E-state index contributed by atoms with van der Waals surface area (Å²) >= 11 is 0. The quantitative estimate of drug-likeness (QED) is 0.603. The molecule has 1 aliphatic heterocycles. The van der Waals surface area contributed by atoms with Crippen molar-refractivity contribution < 1.29 is 4.74 Å².